The minimum atomic E-state index is 0.315. The molecule has 21 heavy (non-hydrogen) atoms. The van der Waals surface area contributed by atoms with Gasteiger partial charge in [-0.3, -0.25) is 0 Å². The molecular weight excluding hydrogens is 290 g/mol. The number of hydrogen-bond donors (Lipinski definition) is 1. The lowest BCUT2D eigenvalue weighted by atomic mass is 10.2. The SMILES string of the molecule is CCOCc1nc(N)cc(-c2cc3cccc(Cl)c3o2)n1. The predicted molar refractivity (Wildman–Crippen MR) is 82.0 cm³/mol. The van der Waals surface area contributed by atoms with Crippen molar-refractivity contribution >= 4 is 28.4 Å². The zero-order chi connectivity index (χ0) is 14.8. The number of furan rings is 1. The van der Waals surface area contributed by atoms with Gasteiger partial charge in [0.15, 0.2) is 17.2 Å². The third-order valence-electron chi connectivity index (χ3n) is 2.98. The Kier molecular flexibility index (Phi) is 3.77. The van der Waals surface area contributed by atoms with Gasteiger partial charge < -0.3 is 14.9 Å². The highest BCUT2D eigenvalue weighted by atomic mass is 35.5. The van der Waals surface area contributed by atoms with Crippen LogP contribution >= 0.6 is 11.6 Å². The first-order valence-electron chi connectivity index (χ1n) is 6.57. The largest absolute Gasteiger partial charge is 0.453 e. The predicted octanol–water partition coefficient (Wildman–Crippen LogP) is 3.66. The molecule has 0 aliphatic rings. The van der Waals surface area contributed by atoms with Crippen LogP contribution in [0.15, 0.2) is 34.7 Å². The summed E-state index contributed by atoms with van der Waals surface area (Å²) in [7, 11) is 0. The van der Waals surface area contributed by atoms with E-state index in [1.165, 1.54) is 0 Å². The number of fused-ring (bicyclic) bond motifs is 1. The van der Waals surface area contributed by atoms with Gasteiger partial charge in [0.1, 0.15) is 18.1 Å². The summed E-state index contributed by atoms with van der Waals surface area (Å²) in [6.45, 7) is 2.82. The second kappa shape index (κ2) is 5.71. The monoisotopic (exact) mass is 303 g/mol. The third kappa shape index (κ3) is 2.84. The molecule has 2 N–H and O–H groups in total. The molecule has 2 aromatic heterocycles. The highest BCUT2D eigenvalue weighted by molar-refractivity contribution is 6.34. The van der Waals surface area contributed by atoms with E-state index in [-0.39, 0.29) is 0 Å². The number of nitrogens with two attached hydrogens (primary N) is 1. The van der Waals surface area contributed by atoms with Crippen molar-refractivity contribution in [2.45, 2.75) is 13.5 Å². The van der Waals surface area contributed by atoms with Crippen molar-refractivity contribution in [3.8, 4) is 11.5 Å². The van der Waals surface area contributed by atoms with E-state index in [4.69, 9.17) is 26.5 Å². The number of hydrogen-bond acceptors (Lipinski definition) is 5. The summed E-state index contributed by atoms with van der Waals surface area (Å²) in [6, 6.07) is 9.14. The Bertz CT molecular complexity index is 786. The first-order valence-corrected chi connectivity index (χ1v) is 6.95. The standard InChI is InChI=1S/C15H14ClN3O2/c1-2-20-8-14-18-11(7-13(17)19-14)12-6-9-4-3-5-10(16)15(9)21-12/h3-7H,2,8H2,1H3,(H2,17,18,19). The molecule has 6 heteroatoms. The van der Waals surface area contributed by atoms with Crippen LogP contribution in [-0.4, -0.2) is 16.6 Å². The van der Waals surface area contributed by atoms with Crippen LogP contribution < -0.4 is 5.73 Å². The van der Waals surface area contributed by atoms with E-state index in [1.54, 1.807) is 12.1 Å². The van der Waals surface area contributed by atoms with Gasteiger partial charge in [-0.05, 0) is 19.1 Å². The average Bonchev–Trinajstić information content (AvgIpc) is 2.90. The molecule has 0 saturated carbocycles. The normalized spacial score (nSPS) is 11.1. The maximum absolute atomic E-state index is 6.12. The molecule has 0 radical (unpaired) electrons. The van der Waals surface area contributed by atoms with Crippen molar-refractivity contribution < 1.29 is 9.15 Å². The number of ether oxygens (including phenoxy) is 1. The Morgan fingerprint density at radius 2 is 2.14 bits per heavy atom. The van der Waals surface area contributed by atoms with Crippen LogP contribution in [0.3, 0.4) is 0 Å². The number of para-hydroxylation sites is 1. The number of halogens is 1. The molecule has 0 fully saturated rings. The van der Waals surface area contributed by atoms with Gasteiger partial charge in [0, 0.05) is 18.1 Å². The van der Waals surface area contributed by atoms with Gasteiger partial charge in [-0.2, -0.15) is 0 Å². The summed E-state index contributed by atoms with van der Waals surface area (Å²) in [6.07, 6.45) is 0. The van der Waals surface area contributed by atoms with E-state index in [0.717, 1.165) is 5.39 Å². The van der Waals surface area contributed by atoms with Crippen LogP contribution in [0.4, 0.5) is 5.82 Å². The van der Waals surface area contributed by atoms with Gasteiger partial charge in [-0.15, -0.1) is 0 Å². The molecule has 0 saturated heterocycles. The van der Waals surface area contributed by atoms with Crippen molar-refractivity contribution in [1.82, 2.24) is 9.97 Å². The van der Waals surface area contributed by atoms with Gasteiger partial charge in [-0.25, -0.2) is 9.97 Å². The van der Waals surface area contributed by atoms with Gasteiger partial charge in [-0.1, -0.05) is 23.7 Å². The third-order valence-corrected chi connectivity index (χ3v) is 3.27. The molecule has 3 aromatic rings. The molecule has 0 bridgehead atoms. The van der Waals surface area contributed by atoms with Gasteiger partial charge in [0.05, 0.1) is 5.02 Å². The molecular formula is C15H14ClN3O2. The maximum atomic E-state index is 6.12. The number of rotatable bonds is 4. The molecule has 0 unspecified atom stereocenters. The summed E-state index contributed by atoms with van der Waals surface area (Å²) < 4.78 is 11.1. The van der Waals surface area contributed by atoms with Crippen LogP contribution in [0.5, 0.6) is 0 Å². The second-order valence-corrected chi connectivity index (χ2v) is 4.91. The summed E-state index contributed by atoms with van der Waals surface area (Å²) in [4.78, 5) is 8.56. The molecule has 0 atom stereocenters. The molecule has 108 valence electrons. The van der Waals surface area contributed by atoms with E-state index >= 15 is 0 Å². The Hall–Kier alpha value is -2.11. The number of aromatic nitrogens is 2. The van der Waals surface area contributed by atoms with Crippen molar-refractivity contribution in [1.29, 1.82) is 0 Å². The van der Waals surface area contributed by atoms with Crippen LogP contribution in [0, 0.1) is 0 Å². The lowest BCUT2D eigenvalue weighted by molar-refractivity contribution is 0.128. The Morgan fingerprint density at radius 1 is 1.29 bits per heavy atom. The molecule has 0 aliphatic heterocycles. The van der Waals surface area contributed by atoms with Crippen molar-refractivity contribution in [3.05, 3.63) is 41.2 Å². The van der Waals surface area contributed by atoms with Gasteiger partial charge in [0.2, 0.25) is 0 Å². The lowest BCUT2D eigenvalue weighted by Gasteiger charge is -2.04. The fraction of sp³-hybridized carbons (Fsp3) is 0.200. The van der Waals surface area contributed by atoms with Gasteiger partial charge >= 0.3 is 0 Å². The van der Waals surface area contributed by atoms with Crippen LogP contribution in [0.25, 0.3) is 22.4 Å². The summed E-state index contributed by atoms with van der Waals surface area (Å²) in [5.41, 5.74) is 7.07. The first kappa shape index (κ1) is 13.9. The van der Waals surface area contributed by atoms with Crippen LogP contribution in [-0.2, 0) is 11.3 Å². The quantitative estimate of drug-likeness (QED) is 0.796. The summed E-state index contributed by atoms with van der Waals surface area (Å²) >= 11 is 6.12. The van der Waals surface area contributed by atoms with Crippen molar-refractivity contribution in [2.24, 2.45) is 0 Å². The molecule has 2 heterocycles. The van der Waals surface area contributed by atoms with Crippen LogP contribution in [0.2, 0.25) is 5.02 Å². The smallest absolute Gasteiger partial charge is 0.157 e. The van der Waals surface area contributed by atoms with Crippen molar-refractivity contribution in [2.75, 3.05) is 12.3 Å². The number of anilines is 1. The van der Waals surface area contributed by atoms with E-state index in [0.29, 0.717) is 46.9 Å². The molecule has 3 rings (SSSR count). The Morgan fingerprint density at radius 3 is 2.90 bits per heavy atom. The van der Waals surface area contributed by atoms with E-state index in [1.807, 2.05) is 25.1 Å². The second-order valence-electron chi connectivity index (χ2n) is 4.50. The molecule has 0 spiro atoms. The van der Waals surface area contributed by atoms with E-state index < -0.39 is 0 Å². The fourth-order valence-corrected chi connectivity index (χ4v) is 2.28. The molecule has 0 amide bonds. The average molecular weight is 304 g/mol. The van der Waals surface area contributed by atoms with E-state index in [9.17, 15) is 0 Å². The van der Waals surface area contributed by atoms with E-state index in [2.05, 4.69) is 9.97 Å². The van der Waals surface area contributed by atoms with Crippen molar-refractivity contribution in [3.63, 3.8) is 0 Å². The molecule has 1 aromatic carbocycles. The molecule has 5 nitrogen and oxygen atoms in total. The number of nitrogens with zero attached hydrogens (tertiary/aromatic N) is 2. The highest BCUT2D eigenvalue weighted by Crippen LogP contribution is 2.31. The number of nitrogen functional groups attached to an aromatic ring is 1. The molecule has 0 aliphatic carbocycles. The summed E-state index contributed by atoms with van der Waals surface area (Å²) in [5, 5.41) is 1.48. The first-order chi connectivity index (χ1) is 10.2. The zero-order valence-corrected chi connectivity index (χ0v) is 12.2. The van der Waals surface area contributed by atoms with Gasteiger partial charge in [0.25, 0.3) is 0 Å². The minimum absolute atomic E-state index is 0.315. The lowest BCUT2D eigenvalue weighted by Crippen LogP contribution is -2.03. The maximum Gasteiger partial charge on any atom is 0.157 e. The summed E-state index contributed by atoms with van der Waals surface area (Å²) in [5.74, 6) is 1.50. The highest BCUT2D eigenvalue weighted by Gasteiger charge is 2.12. The Balaban J connectivity index is 2.05. The Labute approximate surface area is 126 Å². The van der Waals surface area contributed by atoms with Crippen LogP contribution in [0.1, 0.15) is 12.7 Å². The fourth-order valence-electron chi connectivity index (χ4n) is 2.06. The zero-order valence-electron chi connectivity index (χ0n) is 11.5. The number of benzene rings is 1. The minimum Gasteiger partial charge on any atom is -0.453 e. The topological polar surface area (TPSA) is 74.2 Å².